The van der Waals surface area contributed by atoms with Gasteiger partial charge in [-0.05, 0) is 18.5 Å². The molecule has 2 nitrogen and oxygen atoms in total. The van der Waals surface area contributed by atoms with Crippen LogP contribution in [0.2, 0.25) is 0 Å². The van der Waals surface area contributed by atoms with Crippen LogP contribution in [0, 0.1) is 0 Å². The van der Waals surface area contributed by atoms with Gasteiger partial charge in [-0.1, -0.05) is 0 Å². The smallest absolute Gasteiger partial charge is 0.234 e. The zero-order valence-electron chi connectivity index (χ0n) is 5.39. The standard InChI is InChI=1S/C5H9ClO2S/c1-4(5(6)7)9-3-8-2/h4H,3H2,1-2H3. The number of carbonyl (C=O) groups excluding carboxylic acids is 1. The second kappa shape index (κ2) is 5.09. The van der Waals surface area contributed by atoms with Crippen molar-refractivity contribution in [3.05, 3.63) is 0 Å². The molecular weight excluding hydrogens is 160 g/mol. The summed E-state index contributed by atoms with van der Waals surface area (Å²) in [7, 11) is 1.58. The van der Waals surface area contributed by atoms with Crippen molar-refractivity contribution in [2.24, 2.45) is 0 Å². The van der Waals surface area contributed by atoms with Crippen molar-refractivity contribution in [1.82, 2.24) is 0 Å². The first-order valence-electron chi connectivity index (χ1n) is 2.48. The van der Waals surface area contributed by atoms with E-state index in [-0.39, 0.29) is 10.5 Å². The van der Waals surface area contributed by atoms with Gasteiger partial charge in [0.05, 0.1) is 11.2 Å². The molecule has 0 aromatic rings. The lowest BCUT2D eigenvalue weighted by atomic mass is 10.5. The van der Waals surface area contributed by atoms with Gasteiger partial charge in [0.2, 0.25) is 5.24 Å². The summed E-state index contributed by atoms with van der Waals surface area (Å²) in [5, 5.41) is -0.483. The van der Waals surface area contributed by atoms with Crippen LogP contribution in [0.3, 0.4) is 0 Å². The predicted molar refractivity (Wildman–Crippen MR) is 39.8 cm³/mol. The van der Waals surface area contributed by atoms with Gasteiger partial charge in [0.25, 0.3) is 0 Å². The lowest BCUT2D eigenvalue weighted by molar-refractivity contribution is -0.111. The summed E-state index contributed by atoms with van der Waals surface area (Å²) >= 11 is 6.53. The third-order valence-electron chi connectivity index (χ3n) is 0.756. The minimum atomic E-state index is -0.322. The van der Waals surface area contributed by atoms with Gasteiger partial charge in [-0.15, -0.1) is 11.8 Å². The van der Waals surface area contributed by atoms with Crippen molar-refractivity contribution < 1.29 is 9.53 Å². The number of thioether (sulfide) groups is 1. The van der Waals surface area contributed by atoms with E-state index in [9.17, 15) is 4.79 Å². The first kappa shape index (κ1) is 9.27. The quantitative estimate of drug-likeness (QED) is 0.470. The molecule has 1 unspecified atom stereocenters. The number of hydrogen-bond acceptors (Lipinski definition) is 3. The molecule has 4 heteroatoms. The van der Waals surface area contributed by atoms with Crippen LogP contribution in [0.5, 0.6) is 0 Å². The highest BCUT2D eigenvalue weighted by molar-refractivity contribution is 8.00. The Labute approximate surface area is 63.9 Å². The van der Waals surface area contributed by atoms with Crippen LogP contribution >= 0.6 is 23.4 Å². The van der Waals surface area contributed by atoms with Crippen molar-refractivity contribution in [1.29, 1.82) is 0 Å². The Morgan fingerprint density at radius 2 is 2.44 bits per heavy atom. The molecule has 0 amide bonds. The second-order valence-electron chi connectivity index (χ2n) is 1.52. The molecule has 0 N–H and O–H groups in total. The van der Waals surface area contributed by atoms with Crippen molar-refractivity contribution in [2.75, 3.05) is 13.0 Å². The molecule has 1 atom stereocenters. The van der Waals surface area contributed by atoms with Gasteiger partial charge in [0, 0.05) is 7.11 Å². The van der Waals surface area contributed by atoms with E-state index in [2.05, 4.69) is 0 Å². The van der Waals surface area contributed by atoms with E-state index in [1.54, 1.807) is 14.0 Å². The lowest BCUT2D eigenvalue weighted by Gasteiger charge is -2.02. The Kier molecular flexibility index (Phi) is 5.24. The van der Waals surface area contributed by atoms with E-state index < -0.39 is 0 Å². The highest BCUT2D eigenvalue weighted by atomic mass is 35.5. The first-order valence-corrected chi connectivity index (χ1v) is 3.91. The van der Waals surface area contributed by atoms with Crippen LogP contribution < -0.4 is 0 Å². The van der Waals surface area contributed by atoms with E-state index in [1.165, 1.54) is 11.8 Å². The van der Waals surface area contributed by atoms with Gasteiger partial charge in [0.15, 0.2) is 0 Å². The maximum Gasteiger partial charge on any atom is 0.234 e. The van der Waals surface area contributed by atoms with Crippen LogP contribution in [0.1, 0.15) is 6.92 Å². The van der Waals surface area contributed by atoms with Gasteiger partial charge >= 0.3 is 0 Å². The fraction of sp³-hybridized carbons (Fsp3) is 0.800. The van der Waals surface area contributed by atoms with Gasteiger partial charge < -0.3 is 4.74 Å². The predicted octanol–water partition coefficient (Wildman–Crippen LogP) is 1.48. The summed E-state index contributed by atoms with van der Waals surface area (Å²) in [6, 6.07) is 0. The average molecular weight is 169 g/mol. The molecule has 0 saturated carbocycles. The summed E-state index contributed by atoms with van der Waals surface area (Å²) in [4.78, 5) is 10.3. The normalized spacial score (nSPS) is 13.2. The summed E-state index contributed by atoms with van der Waals surface area (Å²) in [5.41, 5.74) is 0. The van der Waals surface area contributed by atoms with E-state index >= 15 is 0 Å². The number of methoxy groups -OCH3 is 1. The van der Waals surface area contributed by atoms with Gasteiger partial charge in [-0.3, -0.25) is 4.79 Å². The summed E-state index contributed by atoms with van der Waals surface area (Å²) < 4.78 is 4.71. The van der Waals surface area contributed by atoms with Crippen LogP contribution in [-0.2, 0) is 9.53 Å². The molecule has 0 radical (unpaired) electrons. The fourth-order valence-corrected chi connectivity index (χ4v) is 0.896. The Morgan fingerprint density at radius 1 is 1.89 bits per heavy atom. The molecule has 0 fully saturated rings. The number of ether oxygens (including phenoxy) is 1. The topological polar surface area (TPSA) is 26.3 Å². The van der Waals surface area contributed by atoms with Gasteiger partial charge in [-0.2, -0.15) is 0 Å². The van der Waals surface area contributed by atoms with Crippen LogP contribution in [0.25, 0.3) is 0 Å². The monoisotopic (exact) mass is 168 g/mol. The largest absolute Gasteiger partial charge is 0.374 e. The zero-order valence-corrected chi connectivity index (χ0v) is 6.96. The molecule has 0 aromatic carbocycles. The summed E-state index contributed by atoms with van der Waals surface area (Å²) in [5.74, 6) is 0.514. The van der Waals surface area contributed by atoms with E-state index in [0.29, 0.717) is 5.94 Å². The molecule has 0 heterocycles. The number of rotatable bonds is 4. The van der Waals surface area contributed by atoms with Gasteiger partial charge in [-0.25, -0.2) is 0 Å². The molecule has 0 aliphatic heterocycles. The maximum atomic E-state index is 10.3. The second-order valence-corrected chi connectivity index (χ2v) is 3.17. The maximum absolute atomic E-state index is 10.3. The minimum absolute atomic E-state index is 0.161. The SMILES string of the molecule is COCSC(C)C(=O)Cl. The minimum Gasteiger partial charge on any atom is -0.374 e. The molecule has 9 heavy (non-hydrogen) atoms. The molecule has 0 aliphatic carbocycles. The summed E-state index contributed by atoms with van der Waals surface area (Å²) in [6.07, 6.45) is 0. The molecule has 0 rings (SSSR count). The van der Waals surface area contributed by atoms with Crippen LogP contribution in [0.15, 0.2) is 0 Å². The average Bonchev–Trinajstić information content (AvgIpc) is 1.82. The molecule has 0 bridgehead atoms. The Hall–Kier alpha value is 0.270. The number of carbonyl (C=O) groups is 1. The van der Waals surface area contributed by atoms with Crippen molar-refractivity contribution in [3.63, 3.8) is 0 Å². The van der Waals surface area contributed by atoms with Crippen LogP contribution in [0.4, 0.5) is 0 Å². The highest BCUT2D eigenvalue weighted by Crippen LogP contribution is 2.12. The molecule has 0 spiro atoms. The van der Waals surface area contributed by atoms with E-state index in [1.807, 2.05) is 0 Å². The Morgan fingerprint density at radius 3 is 2.78 bits per heavy atom. The first-order chi connectivity index (χ1) is 4.18. The Bertz CT molecular complexity index is 97.0. The van der Waals surface area contributed by atoms with E-state index in [4.69, 9.17) is 16.3 Å². The van der Waals surface area contributed by atoms with Crippen molar-refractivity contribution in [2.45, 2.75) is 12.2 Å². The third-order valence-corrected chi connectivity index (χ3v) is 2.30. The molecular formula is C5H9ClO2S. The van der Waals surface area contributed by atoms with Crippen molar-refractivity contribution in [3.8, 4) is 0 Å². The lowest BCUT2D eigenvalue weighted by Crippen LogP contribution is -2.06. The van der Waals surface area contributed by atoms with Crippen LogP contribution in [-0.4, -0.2) is 23.5 Å². The van der Waals surface area contributed by atoms with E-state index in [0.717, 1.165) is 0 Å². The Balaban J connectivity index is 3.27. The highest BCUT2D eigenvalue weighted by Gasteiger charge is 2.08. The summed E-state index contributed by atoms with van der Waals surface area (Å²) in [6.45, 7) is 1.75. The fourth-order valence-electron chi connectivity index (χ4n) is 0.236. The number of halogens is 1. The van der Waals surface area contributed by atoms with Crippen molar-refractivity contribution >= 4 is 28.6 Å². The third kappa shape index (κ3) is 4.75. The number of hydrogen-bond donors (Lipinski definition) is 0. The molecule has 0 saturated heterocycles. The van der Waals surface area contributed by atoms with Gasteiger partial charge in [0.1, 0.15) is 0 Å². The zero-order chi connectivity index (χ0) is 7.28. The molecule has 0 aromatic heterocycles. The molecule has 54 valence electrons. The molecule has 0 aliphatic rings.